The number of benzene rings is 1. The van der Waals surface area contributed by atoms with Gasteiger partial charge in [-0.1, -0.05) is 23.7 Å². The minimum absolute atomic E-state index is 0.240. The van der Waals surface area contributed by atoms with Gasteiger partial charge in [0.15, 0.2) is 0 Å². The molecule has 2 aromatic rings. The van der Waals surface area contributed by atoms with Crippen LogP contribution in [-0.4, -0.2) is 15.1 Å². The van der Waals surface area contributed by atoms with Gasteiger partial charge >= 0.3 is 0 Å². The summed E-state index contributed by atoms with van der Waals surface area (Å²) in [5, 5.41) is 11.7. The first-order valence-corrected chi connectivity index (χ1v) is 6.33. The molecule has 1 aliphatic rings. The third-order valence-corrected chi connectivity index (χ3v) is 3.71. The number of aliphatic hydroxyl groups is 1. The second kappa shape index (κ2) is 4.34. The summed E-state index contributed by atoms with van der Waals surface area (Å²) in [5.41, 5.74) is 0.602. The molecule has 0 radical (unpaired) electrons. The van der Waals surface area contributed by atoms with E-state index in [0.29, 0.717) is 5.02 Å². The van der Waals surface area contributed by atoms with Crippen LogP contribution in [0, 0.1) is 5.92 Å². The SMILES string of the molecule is O[C@@](c1ccc(Cl)cc1)(c1cncnc1)C1CC1. The third-order valence-electron chi connectivity index (χ3n) is 3.45. The molecule has 1 N–H and O–H groups in total. The Balaban J connectivity index is 2.09. The normalized spacial score (nSPS) is 18.3. The molecule has 0 bridgehead atoms. The van der Waals surface area contributed by atoms with E-state index in [1.807, 2.05) is 12.1 Å². The lowest BCUT2D eigenvalue weighted by molar-refractivity contribution is 0.0557. The summed E-state index contributed by atoms with van der Waals surface area (Å²) in [6, 6.07) is 7.34. The molecule has 0 unspecified atom stereocenters. The summed E-state index contributed by atoms with van der Waals surface area (Å²) in [6.07, 6.45) is 6.88. The van der Waals surface area contributed by atoms with E-state index in [-0.39, 0.29) is 5.92 Å². The van der Waals surface area contributed by atoms with Gasteiger partial charge in [-0.15, -0.1) is 0 Å². The largest absolute Gasteiger partial charge is 0.380 e. The summed E-state index contributed by atoms with van der Waals surface area (Å²) < 4.78 is 0. The van der Waals surface area contributed by atoms with E-state index in [9.17, 15) is 5.11 Å². The van der Waals surface area contributed by atoms with Crippen LogP contribution < -0.4 is 0 Å². The maximum atomic E-state index is 11.1. The molecule has 18 heavy (non-hydrogen) atoms. The van der Waals surface area contributed by atoms with Gasteiger partial charge in [-0.05, 0) is 36.5 Å². The zero-order valence-corrected chi connectivity index (χ0v) is 10.5. The summed E-state index contributed by atoms with van der Waals surface area (Å²) in [4.78, 5) is 8.01. The number of hydrogen-bond acceptors (Lipinski definition) is 3. The Morgan fingerprint density at radius 2 is 1.67 bits per heavy atom. The number of rotatable bonds is 3. The zero-order valence-electron chi connectivity index (χ0n) is 9.75. The Bertz CT molecular complexity index is 539. The van der Waals surface area contributed by atoms with Crippen molar-refractivity contribution < 1.29 is 5.11 Å². The minimum Gasteiger partial charge on any atom is -0.380 e. The van der Waals surface area contributed by atoms with Crippen molar-refractivity contribution in [1.82, 2.24) is 9.97 Å². The molecule has 1 aliphatic carbocycles. The van der Waals surface area contributed by atoms with Crippen molar-refractivity contribution in [2.24, 2.45) is 5.92 Å². The molecule has 0 amide bonds. The maximum absolute atomic E-state index is 11.1. The van der Waals surface area contributed by atoms with Crippen molar-refractivity contribution >= 4 is 11.6 Å². The average Bonchev–Trinajstić information content (AvgIpc) is 3.24. The monoisotopic (exact) mass is 260 g/mol. The van der Waals surface area contributed by atoms with Crippen LogP contribution in [0.1, 0.15) is 24.0 Å². The Hall–Kier alpha value is -1.45. The van der Waals surface area contributed by atoms with E-state index in [0.717, 1.165) is 24.0 Å². The molecule has 1 fully saturated rings. The van der Waals surface area contributed by atoms with Gasteiger partial charge in [0.1, 0.15) is 11.9 Å². The van der Waals surface area contributed by atoms with Crippen molar-refractivity contribution in [3.63, 3.8) is 0 Å². The van der Waals surface area contributed by atoms with Gasteiger partial charge in [0, 0.05) is 23.0 Å². The molecule has 1 aromatic heterocycles. The van der Waals surface area contributed by atoms with Crippen LogP contribution in [0.3, 0.4) is 0 Å². The highest BCUT2D eigenvalue weighted by Gasteiger charge is 2.46. The molecule has 0 spiro atoms. The highest BCUT2D eigenvalue weighted by molar-refractivity contribution is 6.30. The van der Waals surface area contributed by atoms with Crippen molar-refractivity contribution in [2.75, 3.05) is 0 Å². The standard InChI is InChI=1S/C14H13ClN2O/c15-13-5-3-11(4-6-13)14(18,10-1-2-10)12-7-16-9-17-8-12/h3-10,18H,1-2H2/t14-/m0/s1. The summed E-state index contributed by atoms with van der Waals surface area (Å²) in [6.45, 7) is 0. The van der Waals surface area contributed by atoms with E-state index >= 15 is 0 Å². The Kier molecular flexibility index (Phi) is 2.80. The van der Waals surface area contributed by atoms with Gasteiger partial charge in [0.2, 0.25) is 0 Å². The fourth-order valence-corrected chi connectivity index (χ4v) is 2.47. The summed E-state index contributed by atoms with van der Waals surface area (Å²) >= 11 is 5.90. The molecule has 4 heteroatoms. The predicted molar refractivity (Wildman–Crippen MR) is 69.2 cm³/mol. The molecule has 3 rings (SSSR count). The van der Waals surface area contributed by atoms with E-state index in [1.165, 1.54) is 6.33 Å². The van der Waals surface area contributed by atoms with Crippen LogP contribution in [0.4, 0.5) is 0 Å². The number of halogens is 1. The van der Waals surface area contributed by atoms with Gasteiger partial charge in [0.25, 0.3) is 0 Å². The first kappa shape index (κ1) is 11.6. The fourth-order valence-electron chi connectivity index (χ4n) is 2.34. The second-order valence-corrected chi connectivity index (χ2v) is 5.11. The topological polar surface area (TPSA) is 46.0 Å². The molecule has 1 aromatic carbocycles. The van der Waals surface area contributed by atoms with E-state index in [2.05, 4.69) is 9.97 Å². The van der Waals surface area contributed by atoms with Crippen LogP contribution in [0.25, 0.3) is 0 Å². The van der Waals surface area contributed by atoms with Gasteiger partial charge in [-0.25, -0.2) is 9.97 Å². The highest BCUT2D eigenvalue weighted by Crippen LogP contribution is 2.49. The lowest BCUT2D eigenvalue weighted by Crippen LogP contribution is -2.30. The van der Waals surface area contributed by atoms with E-state index < -0.39 is 5.60 Å². The lowest BCUT2D eigenvalue weighted by Gasteiger charge is -2.28. The number of hydrogen-bond donors (Lipinski definition) is 1. The van der Waals surface area contributed by atoms with Crippen LogP contribution in [0.5, 0.6) is 0 Å². The molecule has 0 saturated heterocycles. The Labute approximate surface area is 110 Å². The molecule has 92 valence electrons. The average molecular weight is 261 g/mol. The van der Waals surface area contributed by atoms with E-state index in [1.54, 1.807) is 24.5 Å². The molecule has 3 nitrogen and oxygen atoms in total. The van der Waals surface area contributed by atoms with Crippen molar-refractivity contribution in [2.45, 2.75) is 18.4 Å². The van der Waals surface area contributed by atoms with Gasteiger partial charge in [-0.2, -0.15) is 0 Å². The van der Waals surface area contributed by atoms with Crippen molar-refractivity contribution in [1.29, 1.82) is 0 Å². The lowest BCUT2D eigenvalue weighted by atomic mass is 9.83. The quantitative estimate of drug-likeness (QED) is 0.923. The van der Waals surface area contributed by atoms with Crippen LogP contribution in [-0.2, 0) is 5.60 Å². The molecule has 1 heterocycles. The molecule has 1 atom stereocenters. The Morgan fingerprint density at radius 1 is 1.06 bits per heavy atom. The van der Waals surface area contributed by atoms with E-state index in [4.69, 9.17) is 11.6 Å². The Morgan fingerprint density at radius 3 is 2.22 bits per heavy atom. The maximum Gasteiger partial charge on any atom is 0.120 e. The first-order chi connectivity index (χ1) is 8.71. The van der Waals surface area contributed by atoms with Crippen LogP contribution >= 0.6 is 11.6 Å². The van der Waals surface area contributed by atoms with Gasteiger partial charge < -0.3 is 5.11 Å². The first-order valence-electron chi connectivity index (χ1n) is 5.95. The van der Waals surface area contributed by atoms with Crippen molar-refractivity contribution in [3.8, 4) is 0 Å². The third kappa shape index (κ3) is 1.89. The summed E-state index contributed by atoms with van der Waals surface area (Å²) in [5.74, 6) is 0.240. The van der Waals surface area contributed by atoms with Gasteiger partial charge in [0.05, 0.1) is 0 Å². The number of aromatic nitrogens is 2. The van der Waals surface area contributed by atoms with Crippen LogP contribution in [0.15, 0.2) is 43.0 Å². The highest BCUT2D eigenvalue weighted by atomic mass is 35.5. The fraction of sp³-hybridized carbons (Fsp3) is 0.286. The van der Waals surface area contributed by atoms with Crippen LogP contribution in [0.2, 0.25) is 5.02 Å². The predicted octanol–water partition coefficient (Wildman–Crippen LogP) is 2.78. The molecule has 1 saturated carbocycles. The summed E-state index contributed by atoms with van der Waals surface area (Å²) in [7, 11) is 0. The molecular formula is C14H13ClN2O. The zero-order chi connectivity index (χ0) is 12.6. The smallest absolute Gasteiger partial charge is 0.120 e. The van der Waals surface area contributed by atoms with Gasteiger partial charge in [-0.3, -0.25) is 0 Å². The second-order valence-electron chi connectivity index (χ2n) is 4.67. The van der Waals surface area contributed by atoms with Crippen molar-refractivity contribution in [3.05, 3.63) is 59.1 Å². The molecular weight excluding hydrogens is 248 g/mol. The molecule has 0 aliphatic heterocycles. The minimum atomic E-state index is -0.994. The number of nitrogens with zero attached hydrogens (tertiary/aromatic N) is 2.